The Morgan fingerprint density at radius 3 is 2.86 bits per heavy atom. The van der Waals surface area contributed by atoms with Crippen LogP contribution in [0.4, 0.5) is 0 Å². The van der Waals surface area contributed by atoms with Crippen molar-refractivity contribution in [3.8, 4) is 11.4 Å². The maximum absolute atomic E-state index is 11.9. The van der Waals surface area contributed by atoms with E-state index in [9.17, 15) is 4.79 Å². The molecule has 1 amide bonds. The predicted molar refractivity (Wildman–Crippen MR) is 79.1 cm³/mol. The average Bonchev–Trinajstić information content (AvgIpc) is 3.19. The molecule has 3 rings (SSSR count). The molecule has 0 saturated heterocycles. The lowest BCUT2D eigenvalue weighted by Gasteiger charge is -2.07. The molecule has 112 valence electrons. The Labute approximate surface area is 127 Å². The largest absolute Gasteiger partial charge is 0.459 e. The van der Waals surface area contributed by atoms with Crippen LogP contribution in [0.5, 0.6) is 0 Å². The minimum absolute atomic E-state index is 0.241. The molecule has 0 radical (unpaired) electrons. The van der Waals surface area contributed by atoms with Gasteiger partial charge in [-0.25, -0.2) is 0 Å². The van der Waals surface area contributed by atoms with Crippen molar-refractivity contribution in [2.24, 2.45) is 0 Å². The van der Waals surface area contributed by atoms with E-state index in [0.717, 1.165) is 11.1 Å². The Balaban J connectivity index is 1.74. The van der Waals surface area contributed by atoms with E-state index in [1.807, 2.05) is 31.2 Å². The lowest BCUT2D eigenvalue weighted by Crippen LogP contribution is -2.26. The molecule has 6 nitrogen and oxygen atoms in total. The van der Waals surface area contributed by atoms with E-state index in [2.05, 4.69) is 15.5 Å². The van der Waals surface area contributed by atoms with Gasteiger partial charge in [-0.15, -0.1) is 0 Å². The summed E-state index contributed by atoms with van der Waals surface area (Å²) in [5, 5.41) is 6.70. The van der Waals surface area contributed by atoms with Crippen molar-refractivity contribution in [3.63, 3.8) is 0 Å². The van der Waals surface area contributed by atoms with Crippen molar-refractivity contribution in [1.82, 2.24) is 15.5 Å². The summed E-state index contributed by atoms with van der Waals surface area (Å²) < 4.78 is 10.3. The van der Waals surface area contributed by atoms with Crippen molar-refractivity contribution >= 4 is 5.91 Å². The minimum Gasteiger partial charge on any atom is -0.459 e. The molecule has 0 bridgehead atoms. The van der Waals surface area contributed by atoms with Gasteiger partial charge in [0, 0.05) is 5.56 Å². The number of aromatic nitrogens is 2. The van der Waals surface area contributed by atoms with Gasteiger partial charge in [-0.3, -0.25) is 4.79 Å². The van der Waals surface area contributed by atoms with Crippen LogP contribution in [0.25, 0.3) is 11.4 Å². The molecule has 2 heterocycles. The van der Waals surface area contributed by atoms with Crippen LogP contribution < -0.4 is 5.32 Å². The van der Waals surface area contributed by atoms with Crippen molar-refractivity contribution in [3.05, 3.63) is 59.9 Å². The van der Waals surface area contributed by atoms with Gasteiger partial charge in [0.2, 0.25) is 11.7 Å². The number of nitrogens with one attached hydrogen (secondary N) is 1. The van der Waals surface area contributed by atoms with Crippen LogP contribution in [0.3, 0.4) is 0 Å². The first-order valence-electron chi connectivity index (χ1n) is 6.88. The van der Waals surface area contributed by atoms with Crippen molar-refractivity contribution in [2.75, 3.05) is 0 Å². The fourth-order valence-corrected chi connectivity index (χ4v) is 2.05. The summed E-state index contributed by atoms with van der Waals surface area (Å²) in [4.78, 5) is 16.2. The Bertz CT molecular complexity index is 778. The lowest BCUT2D eigenvalue weighted by molar-refractivity contribution is 0.0904. The lowest BCUT2D eigenvalue weighted by atomic mass is 10.1. The third-order valence-corrected chi connectivity index (χ3v) is 3.18. The minimum atomic E-state index is -0.413. The molecular weight excluding hydrogens is 282 g/mol. The van der Waals surface area contributed by atoms with E-state index < -0.39 is 6.04 Å². The van der Waals surface area contributed by atoms with Gasteiger partial charge in [0.15, 0.2) is 5.76 Å². The van der Waals surface area contributed by atoms with Crippen LogP contribution in [0.15, 0.2) is 51.6 Å². The molecular formula is C16H15N3O3. The van der Waals surface area contributed by atoms with Gasteiger partial charge in [-0.2, -0.15) is 4.98 Å². The van der Waals surface area contributed by atoms with E-state index in [-0.39, 0.29) is 11.7 Å². The Morgan fingerprint density at radius 2 is 2.14 bits per heavy atom. The normalized spacial score (nSPS) is 12.1. The van der Waals surface area contributed by atoms with E-state index in [1.54, 1.807) is 19.1 Å². The molecule has 0 spiro atoms. The van der Waals surface area contributed by atoms with Gasteiger partial charge in [-0.05, 0) is 32.0 Å². The number of rotatable bonds is 4. The fraction of sp³-hybridized carbons (Fsp3) is 0.188. The number of aryl methyl sites for hydroxylation is 1. The third-order valence-electron chi connectivity index (χ3n) is 3.18. The number of furan rings is 1. The number of amides is 1. The Kier molecular flexibility index (Phi) is 3.74. The third kappa shape index (κ3) is 2.90. The highest BCUT2D eigenvalue weighted by Crippen LogP contribution is 2.19. The quantitative estimate of drug-likeness (QED) is 0.800. The van der Waals surface area contributed by atoms with Gasteiger partial charge >= 0.3 is 0 Å². The van der Waals surface area contributed by atoms with Crippen LogP contribution in [-0.4, -0.2) is 16.0 Å². The standard InChI is InChI=1S/C16H15N3O3/c1-10-5-3-6-12(9-10)14-18-16(22-19-14)11(2)17-15(20)13-7-4-8-21-13/h3-9,11H,1-2H3,(H,17,20)/t11-/m1/s1. The van der Waals surface area contributed by atoms with Crippen molar-refractivity contribution in [2.45, 2.75) is 19.9 Å². The van der Waals surface area contributed by atoms with Gasteiger partial charge in [0.1, 0.15) is 6.04 Å². The fourth-order valence-electron chi connectivity index (χ4n) is 2.05. The summed E-state index contributed by atoms with van der Waals surface area (Å²) >= 11 is 0. The van der Waals surface area contributed by atoms with E-state index in [1.165, 1.54) is 6.26 Å². The van der Waals surface area contributed by atoms with E-state index >= 15 is 0 Å². The first-order valence-corrected chi connectivity index (χ1v) is 6.88. The highest BCUT2D eigenvalue weighted by atomic mass is 16.5. The number of hydrogen-bond donors (Lipinski definition) is 1. The first-order chi connectivity index (χ1) is 10.6. The number of carbonyl (C=O) groups is 1. The van der Waals surface area contributed by atoms with Gasteiger partial charge in [0.05, 0.1) is 6.26 Å². The number of carbonyl (C=O) groups excluding carboxylic acids is 1. The summed E-state index contributed by atoms with van der Waals surface area (Å²) in [5.41, 5.74) is 1.99. The van der Waals surface area contributed by atoms with Crippen LogP contribution in [-0.2, 0) is 0 Å². The summed E-state index contributed by atoms with van der Waals surface area (Å²) in [6.07, 6.45) is 1.45. The molecule has 0 aliphatic heterocycles. The molecule has 0 aliphatic rings. The van der Waals surface area contributed by atoms with Crippen LogP contribution in [0, 0.1) is 6.92 Å². The van der Waals surface area contributed by atoms with Crippen LogP contribution in [0.1, 0.15) is 35.0 Å². The molecule has 0 saturated carbocycles. The van der Waals surface area contributed by atoms with Crippen LogP contribution >= 0.6 is 0 Å². The number of benzene rings is 1. The smallest absolute Gasteiger partial charge is 0.287 e. The summed E-state index contributed by atoms with van der Waals surface area (Å²) in [6, 6.07) is 10.6. The molecule has 0 unspecified atom stereocenters. The van der Waals surface area contributed by atoms with Gasteiger partial charge in [-0.1, -0.05) is 28.9 Å². The number of hydrogen-bond acceptors (Lipinski definition) is 5. The zero-order valence-corrected chi connectivity index (χ0v) is 12.2. The van der Waals surface area contributed by atoms with Gasteiger partial charge < -0.3 is 14.3 Å². The second kappa shape index (κ2) is 5.85. The molecule has 1 aromatic carbocycles. The summed E-state index contributed by atoms with van der Waals surface area (Å²) in [6.45, 7) is 3.77. The molecule has 0 fully saturated rings. The van der Waals surface area contributed by atoms with Crippen molar-refractivity contribution in [1.29, 1.82) is 0 Å². The molecule has 2 aromatic heterocycles. The maximum atomic E-state index is 11.9. The van der Waals surface area contributed by atoms with Gasteiger partial charge in [0.25, 0.3) is 5.91 Å². The maximum Gasteiger partial charge on any atom is 0.287 e. The SMILES string of the molecule is Cc1cccc(-c2noc([C@@H](C)NC(=O)c3ccco3)n2)c1. The van der Waals surface area contributed by atoms with E-state index in [4.69, 9.17) is 8.94 Å². The second-order valence-corrected chi connectivity index (χ2v) is 5.00. The molecule has 22 heavy (non-hydrogen) atoms. The molecule has 0 aliphatic carbocycles. The summed E-state index contributed by atoms with van der Waals surface area (Å²) in [7, 11) is 0. The van der Waals surface area contributed by atoms with E-state index in [0.29, 0.717) is 11.7 Å². The molecule has 6 heteroatoms. The monoisotopic (exact) mass is 297 g/mol. The first kappa shape index (κ1) is 14.1. The highest BCUT2D eigenvalue weighted by Gasteiger charge is 2.19. The highest BCUT2D eigenvalue weighted by molar-refractivity contribution is 5.91. The second-order valence-electron chi connectivity index (χ2n) is 5.00. The Hall–Kier alpha value is -2.89. The topological polar surface area (TPSA) is 81.2 Å². The average molecular weight is 297 g/mol. The zero-order chi connectivity index (χ0) is 15.5. The number of nitrogens with zero attached hydrogens (tertiary/aromatic N) is 2. The Morgan fingerprint density at radius 1 is 1.27 bits per heavy atom. The molecule has 1 atom stereocenters. The van der Waals surface area contributed by atoms with Crippen LogP contribution in [0.2, 0.25) is 0 Å². The molecule has 3 aromatic rings. The summed E-state index contributed by atoms with van der Waals surface area (Å²) in [5.74, 6) is 0.757. The molecule has 1 N–H and O–H groups in total. The predicted octanol–water partition coefficient (Wildman–Crippen LogP) is 3.13. The van der Waals surface area contributed by atoms with Crippen molar-refractivity contribution < 1.29 is 13.7 Å². The zero-order valence-electron chi connectivity index (χ0n) is 12.2.